The Bertz CT molecular complexity index is 674. The molecular weight excluding hydrogens is 288 g/mol. The molecular formula is C15H18N2O3S. The first kappa shape index (κ1) is 14.1. The molecule has 6 heteroatoms. The third-order valence-electron chi connectivity index (χ3n) is 4.17. The lowest BCUT2D eigenvalue weighted by Crippen LogP contribution is -2.47. The number of nitrogens with one attached hydrogen (secondary N) is 2. The van der Waals surface area contributed by atoms with Gasteiger partial charge in [-0.05, 0) is 25.0 Å². The maximum Gasteiger partial charge on any atom is 0.265 e. The Morgan fingerprint density at radius 3 is 2.43 bits per heavy atom. The van der Waals surface area contributed by atoms with Crippen molar-refractivity contribution >= 4 is 21.4 Å². The fourth-order valence-corrected chi connectivity index (χ4v) is 4.99. The lowest BCUT2D eigenvalue weighted by molar-refractivity contribution is -0.117. The SMILES string of the molecule is O=C1NC2(CCCCC2)S(=O)(=O)C1=CNc1ccccc1. The largest absolute Gasteiger partial charge is 0.360 e. The summed E-state index contributed by atoms with van der Waals surface area (Å²) in [5.41, 5.74) is 0.748. The maximum absolute atomic E-state index is 12.7. The lowest BCUT2D eigenvalue weighted by atomic mass is 9.95. The van der Waals surface area contributed by atoms with Crippen LogP contribution < -0.4 is 10.6 Å². The number of hydrogen-bond acceptors (Lipinski definition) is 4. The van der Waals surface area contributed by atoms with Gasteiger partial charge in [0.2, 0.25) is 9.84 Å². The van der Waals surface area contributed by atoms with E-state index in [0.29, 0.717) is 12.8 Å². The van der Waals surface area contributed by atoms with Gasteiger partial charge in [-0.2, -0.15) is 0 Å². The van der Waals surface area contributed by atoms with Gasteiger partial charge in [0.25, 0.3) is 5.91 Å². The molecule has 1 aliphatic carbocycles. The molecule has 112 valence electrons. The van der Waals surface area contributed by atoms with Crippen LogP contribution in [0.3, 0.4) is 0 Å². The Kier molecular flexibility index (Phi) is 3.49. The quantitative estimate of drug-likeness (QED) is 0.821. The molecule has 0 aromatic heterocycles. The number of sulfone groups is 1. The molecule has 1 amide bonds. The second-order valence-corrected chi connectivity index (χ2v) is 7.76. The molecule has 1 aromatic rings. The zero-order valence-corrected chi connectivity index (χ0v) is 12.4. The second kappa shape index (κ2) is 5.18. The van der Waals surface area contributed by atoms with E-state index in [2.05, 4.69) is 10.6 Å². The number of carbonyl (C=O) groups excluding carboxylic acids is 1. The van der Waals surface area contributed by atoms with Crippen LogP contribution in [0.25, 0.3) is 0 Å². The van der Waals surface area contributed by atoms with Gasteiger partial charge in [0.05, 0.1) is 0 Å². The Labute approximate surface area is 124 Å². The summed E-state index contributed by atoms with van der Waals surface area (Å²) in [7, 11) is -3.63. The smallest absolute Gasteiger partial charge is 0.265 e. The van der Waals surface area contributed by atoms with E-state index in [4.69, 9.17) is 0 Å². The average Bonchev–Trinajstić information content (AvgIpc) is 2.65. The van der Waals surface area contributed by atoms with E-state index >= 15 is 0 Å². The topological polar surface area (TPSA) is 75.3 Å². The van der Waals surface area contributed by atoms with Crippen LogP contribution >= 0.6 is 0 Å². The van der Waals surface area contributed by atoms with Gasteiger partial charge in [0.1, 0.15) is 9.78 Å². The summed E-state index contributed by atoms with van der Waals surface area (Å²) in [6.45, 7) is 0. The predicted octanol–water partition coefficient (Wildman–Crippen LogP) is 2.14. The van der Waals surface area contributed by atoms with Crippen LogP contribution in [0, 0.1) is 0 Å². The van der Waals surface area contributed by atoms with Crippen molar-refractivity contribution in [3.8, 4) is 0 Å². The summed E-state index contributed by atoms with van der Waals surface area (Å²) in [6.07, 6.45) is 5.00. The zero-order valence-electron chi connectivity index (χ0n) is 11.6. The minimum absolute atomic E-state index is 0.159. The average molecular weight is 306 g/mol. The van der Waals surface area contributed by atoms with Crippen molar-refractivity contribution in [2.24, 2.45) is 0 Å². The van der Waals surface area contributed by atoms with Crippen molar-refractivity contribution in [3.63, 3.8) is 0 Å². The van der Waals surface area contributed by atoms with Crippen LogP contribution in [0.4, 0.5) is 5.69 Å². The Morgan fingerprint density at radius 2 is 1.76 bits per heavy atom. The van der Waals surface area contributed by atoms with Gasteiger partial charge in [0.15, 0.2) is 0 Å². The van der Waals surface area contributed by atoms with Crippen LogP contribution in [0.5, 0.6) is 0 Å². The van der Waals surface area contributed by atoms with Gasteiger partial charge >= 0.3 is 0 Å². The van der Waals surface area contributed by atoms with E-state index in [9.17, 15) is 13.2 Å². The number of rotatable bonds is 2. The molecule has 1 heterocycles. The van der Waals surface area contributed by atoms with E-state index in [1.165, 1.54) is 6.20 Å². The van der Waals surface area contributed by atoms with Crippen LogP contribution in [-0.4, -0.2) is 19.2 Å². The summed E-state index contributed by atoms with van der Waals surface area (Å²) >= 11 is 0. The number of carbonyl (C=O) groups is 1. The molecule has 0 bridgehead atoms. The van der Waals surface area contributed by atoms with E-state index in [1.807, 2.05) is 30.3 Å². The van der Waals surface area contributed by atoms with E-state index in [1.54, 1.807) is 0 Å². The van der Waals surface area contributed by atoms with Gasteiger partial charge in [-0.3, -0.25) is 4.79 Å². The minimum atomic E-state index is -3.63. The highest BCUT2D eigenvalue weighted by molar-refractivity contribution is 7.98. The summed E-state index contributed by atoms with van der Waals surface area (Å²) < 4.78 is 25.4. The molecule has 1 aromatic carbocycles. The molecule has 5 nitrogen and oxygen atoms in total. The van der Waals surface area contributed by atoms with Crippen LogP contribution in [0.2, 0.25) is 0 Å². The number of anilines is 1. The van der Waals surface area contributed by atoms with Gasteiger partial charge in [-0.25, -0.2) is 8.42 Å². The highest BCUT2D eigenvalue weighted by Crippen LogP contribution is 2.40. The molecule has 0 radical (unpaired) electrons. The van der Waals surface area contributed by atoms with Crippen molar-refractivity contribution in [3.05, 3.63) is 41.4 Å². The molecule has 1 saturated carbocycles. The van der Waals surface area contributed by atoms with Gasteiger partial charge in [-0.15, -0.1) is 0 Å². The van der Waals surface area contributed by atoms with Crippen molar-refractivity contribution in [1.82, 2.24) is 5.32 Å². The molecule has 2 fully saturated rings. The van der Waals surface area contributed by atoms with Crippen molar-refractivity contribution in [1.29, 1.82) is 0 Å². The number of amides is 1. The molecule has 1 saturated heterocycles. The highest BCUT2D eigenvalue weighted by Gasteiger charge is 2.55. The number of para-hydroxylation sites is 1. The summed E-state index contributed by atoms with van der Waals surface area (Å²) in [6, 6.07) is 9.17. The first-order valence-electron chi connectivity index (χ1n) is 7.14. The number of benzene rings is 1. The molecule has 1 aliphatic heterocycles. The predicted molar refractivity (Wildman–Crippen MR) is 81.0 cm³/mol. The van der Waals surface area contributed by atoms with E-state index in [-0.39, 0.29) is 4.91 Å². The standard InChI is InChI=1S/C15H18N2O3S/c18-14-13(11-16-12-7-3-1-4-8-12)21(19,20)15(17-14)9-5-2-6-10-15/h1,3-4,7-8,11,16H,2,5-6,9-10H2,(H,17,18). The molecule has 0 atom stereocenters. The van der Waals surface area contributed by atoms with Crippen molar-refractivity contribution in [2.75, 3.05) is 5.32 Å². The number of hydrogen-bond donors (Lipinski definition) is 2. The van der Waals surface area contributed by atoms with Crippen molar-refractivity contribution in [2.45, 2.75) is 37.0 Å². The molecule has 3 rings (SSSR count). The summed E-state index contributed by atoms with van der Waals surface area (Å²) in [5, 5.41) is 5.60. The molecule has 21 heavy (non-hydrogen) atoms. The van der Waals surface area contributed by atoms with Crippen molar-refractivity contribution < 1.29 is 13.2 Å². The van der Waals surface area contributed by atoms with Gasteiger partial charge in [0, 0.05) is 11.9 Å². The maximum atomic E-state index is 12.7. The monoisotopic (exact) mass is 306 g/mol. The third-order valence-corrected chi connectivity index (χ3v) is 6.60. The summed E-state index contributed by atoms with van der Waals surface area (Å²) in [5.74, 6) is -0.500. The Morgan fingerprint density at radius 1 is 1.10 bits per heavy atom. The Hall–Kier alpha value is -1.82. The summed E-state index contributed by atoms with van der Waals surface area (Å²) in [4.78, 5) is 10.9. The molecule has 2 N–H and O–H groups in total. The third kappa shape index (κ3) is 2.33. The van der Waals surface area contributed by atoms with Crippen LogP contribution in [0.1, 0.15) is 32.1 Å². The minimum Gasteiger partial charge on any atom is -0.360 e. The first-order chi connectivity index (χ1) is 10.1. The fraction of sp³-hybridized carbons (Fsp3) is 0.400. The lowest BCUT2D eigenvalue weighted by Gasteiger charge is -2.31. The van der Waals surface area contributed by atoms with Gasteiger partial charge < -0.3 is 10.6 Å². The van der Waals surface area contributed by atoms with Crippen LogP contribution in [-0.2, 0) is 14.6 Å². The van der Waals surface area contributed by atoms with E-state index < -0.39 is 20.6 Å². The normalized spacial score (nSPS) is 25.0. The van der Waals surface area contributed by atoms with Gasteiger partial charge in [-0.1, -0.05) is 37.5 Å². The van der Waals surface area contributed by atoms with E-state index in [0.717, 1.165) is 24.9 Å². The zero-order chi connectivity index (χ0) is 14.9. The second-order valence-electron chi connectivity index (χ2n) is 5.53. The first-order valence-corrected chi connectivity index (χ1v) is 8.62. The Balaban J connectivity index is 1.90. The van der Waals surface area contributed by atoms with Crippen LogP contribution in [0.15, 0.2) is 41.4 Å². The fourth-order valence-electron chi connectivity index (χ4n) is 3.01. The highest BCUT2D eigenvalue weighted by atomic mass is 32.2. The molecule has 1 spiro atoms. The molecule has 2 aliphatic rings. The molecule has 0 unspecified atom stereocenters.